The summed E-state index contributed by atoms with van der Waals surface area (Å²) in [4.78, 5) is 36.9. The zero-order valence-electron chi connectivity index (χ0n) is 13.9. The van der Waals surface area contributed by atoms with Gasteiger partial charge in [0.1, 0.15) is 6.04 Å². The average Bonchev–Trinajstić information content (AvgIpc) is 3.04. The third-order valence-corrected chi connectivity index (χ3v) is 6.93. The van der Waals surface area contributed by atoms with Gasteiger partial charge in [-0.3, -0.25) is 14.4 Å². The molecule has 25 heavy (non-hydrogen) atoms. The summed E-state index contributed by atoms with van der Waals surface area (Å²) < 4.78 is 0. The minimum Gasteiger partial charge on any atom is -0.481 e. The predicted molar refractivity (Wildman–Crippen MR) is 99.6 cm³/mol. The fraction of sp³-hybridized carbons (Fsp3) is 0.471. The number of carboxylic acids is 1. The Hall–Kier alpha value is -1.67. The van der Waals surface area contributed by atoms with Crippen molar-refractivity contribution in [1.29, 1.82) is 0 Å². The molecular weight excluding hydrogens is 360 g/mol. The second-order valence-corrected chi connectivity index (χ2v) is 8.83. The smallest absolute Gasteiger partial charge is 0.313 e. The molecule has 0 saturated carbocycles. The first-order chi connectivity index (χ1) is 11.9. The van der Waals surface area contributed by atoms with Crippen LogP contribution in [0, 0.1) is 0 Å². The number of fused-ring (bicyclic) bond motifs is 1. The number of carbonyl (C=O) groups is 3. The normalized spacial score (nSPS) is 25.1. The van der Waals surface area contributed by atoms with Crippen molar-refractivity contribution in [3.63, 3.8) is 0 Å². The molecule has 2 fully saturated rings. The molecule has 8 heteroatoms. The summed E-state index contributed by atoms with van der Waals surface area (Å²) in [5.74, 6) is 0.269. The van der Waals surface area contributed by atoms with Gasteiger partial charge in [0, 0.05) is 23.6 Å². The average molecular weight is 380 g/mol. The molecule has 2 aliphatic heterocycles. The molecule has 0 radical (unpaired) electrons. The molecule has 1 aromatic rings. The number of amides is 2. The number of hydrogen-bond acceptors (Lipinski definition) is 5. The first-order valence-electron chi connectivity index (χ1n) is 8.04. The molecule has 2 unspecified atom stereocenters. The van der Waals surface area contributed by atoms with Crippen LogP contribution in [0.3, 0.4) is 0 Å². The van der Waals surface area contributed by atoms with Gasteiger partial charge in [0.2, 0.25) is 11.8 Å². The maximum atomic E-state index is 12.7. The van der Waals surface area contributed by atoms with Crippen LogP contribution in [0.2, 0.25) is 0 Å². The van der Waals surface area contributed by atoms with Crippen LogP contribution in [0.1, 0.15) is 25.3 Å². The lowest BCUT2D eigenvalue weighted by atomic mass is 10.2. The van der Waals surface area contributed by atoms with Crippen molar-refractivity contribution >= 4 is 47.0 Å². The number of nitrogens with one attached hydrogen (secondary N) is 1. The van der Waals surface area contributed by atoms with Crippen molar-refractivity contribution < 1.29 is 19.5 Å². The highest BCUT2D eigenvalue weighted by Crippen LogP contribution is 2.47. The molecule has 1 aromatic carbocycles. The van der Waals surface area contributed by atoms with Gasteiger partial charge in [0.15, 0.2) is 0 Å². The summed E-state index contributed by atoms with van der Waals surface area (Å²) in [6.07, 6.45) is 1.29. The molecule has 0 bridgehead atoms. The van der Waals surface area contributed by atoms with Gasteiger partial charge in [0.25, 0.3) is 0 Å². The molecule has 2 atom stereocenters. The number of benzene rings is 1. The Morgan fingerprint density at radius 1 is 1.48 bits per heavy atom. The summed E-state index contributed by atoms with van der Waals surface area (Å²) in [7, 11) is 0. The van der Waals surface area contributed by atoms with Crippen molar-refractivity contribution in [1.82, 2.24) is 4.90 Å². The van der Waals surface area contributed by atoms with Crippen LogP contribution in [0.5, 0.6) is 0 Å². The molecular formula is C17H20N2O4S2. The third kappa shape index (κ3) is 3.95. The number of carbonyl (C=O) groups excluding carboxylic acids is 2. The highest BCUT2D eigenvalue weighted by atomic mass is 32.2. The number of thioether (sulfide) groups is 2. The van der Waals surface area contributed by atoms with E-state index in [-0.39, 0.29) is 22.4 Å². The molecule has 0 spiro atoms. The zero-order valence-corrected chi connectivity index (χ0v) is 15.5. The Morgan fingerprint density at radius 3 is 3.04 bits per heavy atom. The number of anilines is 1. The van der Waals surface area contributed by atoms with Gasteiger partial charge in [-0.15, -0.1) is 23.5 Å². The first-order valence-corrected chi connectivity index (χ1v) is 10.2. The van der Waals surface area contributed by atoms with Crippen LogP contribution in [0.25, 0.3) is 0 Å². The fourth-order valence-corrected chi connectivity index (χ4v) is 5.36. The van der Waals surface area contributed by atoms with Gasteiger partial charge in [0.05, 0.1) is 10.6 Å². The van der Waals surface area contributed by atoms with Crippen molar-refractivity contribution in [2.45, 2.75) is 36.4 Å². The molecule has 2 amide bonds. The van der Waals surface area contributed by atoms with Crippen molar-refractivity contribution in [2.24, 2.45) is 0 Å². The molecule has 2 heterocycles. The van der Waals surface area contributed by atoms with Crippen molar-refractivity contribution in [3.05, 3.63) is 29.8 Å². The van der Waals surface area contributed by atoms with E-state index in [0.29, 0.717) is 23.6 Å². The van der Waals surface area contributed by atoms with Crippen molar-refractivity contribution in [3.8, 4) is 0 Å². The van der Waals surface area contributed by atoms with E-state index < -0.39 is 12.0 Å². The van der Waals surface area contributed by atoms with E-state index >= 15 is 0 Å². The molecule has 0 aliphatic carbocycles. The largest absolute Gasteiger partial charge is 0.481 e. The topological polar surface area (TPSA) is 86.7 Å². The van der Waals surface area contributed by atoms with Crippen LogP contribution < -0.4 is 5.32 Å². The molecule has 134 valence electrons. The molecule has 2 aliphatic rings. The van der Waals surface area contributed by atoms with Crippen LogP contribution >= 0.6 is 23.5 Å². The van der Waals surface area contributed by atoms with Gasteiger partial charge in [-0.1, -0.05) is 12.1 Å². The van der Waals surface area contributed by atoms with E-state index in [1.165, 1.54) is 11.8 Å². The number of aliphatic carboxylic acids is 1. The van der Waals surface area contributed by atoms with Crippen LogP contribution in [0.15, 0.2) is 24.3 Å². The maximum absolute atomic E-state index is 12.7. The highest BCUT2D eigenvalue weighted by molar-refractivity contribution is 8.01. The number of carboxylic acid groups (broad SMARTS) is 1. The van der Waals surface area contributed by atoms with Gasteiger partial charge >= 0.3 is 5.97 Å². The molecule has 0 aromatic heterocycles. The minimum absolute atomic E-state index is 0.0472. The monoisotopic (exact) mass is 380 g/mol. The maximum Gasteiger partial charge on any atom is 0.313 e. The molecule has 2 saturated heterocycles. The lowest BCUT2D eigenvalue weighted by Gasteiger charge is -2.29. The van der Waals surface area contributed by atoms with Crippen LogP contribution in [-0.4, -0.2) is 50.2 Å². The second kappa shape index (κ2) is 7.29. The quantitative estimate of drug-likeness (QED) is 0.788. The molecule has 6 nitrogen and oxygen atoms in total. The first kappa shape index (κ1) is 18.1. The van der Waals surface area contributed by atoms with Crippen LogP contribution in [-0.2, 0) is 20.1 Å². The van der Waals surface area contributed by atoms with E-state index in [1.54, 1.807) is 22.7 Å². The van der Waals surface area contributed by atoms with Gasteiger partial charge < -0.3 is 15.3 Å². The van der Waals surface area contributed by atoms with Gasteiger partial charge in [-0.25, -0.2) is 0 Å². The molecule has 2 N–H and O–H groups in total. The lowest BCUT2D eigenvalue weighted by Crippen LogP contribution is -2.48. The number of nitrogens with zero attached hydrogens (tertiary/aromatic N) is 1. The summed E-state index contributed by atoms with van der Waals surface area (Å²) in [6.45, 7) is 2.02. The van der Waals surface area contributed by atoms with E-state index in [0.717, 1.165) is 12.0 Å². The standard InChI is InChI=1S/C17H20N2O4S2/c1-17-6-5-14(20)19(17)13(9-25-17)16(23)18-12-4-2-3-11(7-12)8-24-10-15(21)22/h2-4,7,13H,5-6,8-10H2,1H3,(H,18,23)(H,21,22). The Kier molecular flexibility index (Phi) is 5.29. The lowest BCUT2D eigenvalue weighted by molar-refractivity contribution is -0.136. The van der Waals surface area contributed by atoms with E-state index in [1.807, 2.05) is 25.1 Å². The summed E-state index contributed by atoms with van der Waals surface area (Å²) >= 11 is 2.98. The molecule has 3 rings (SSSR count). The Balaban J connectivity index is 1.63. The summed E-state index contributed by atoms with van der Waals surface area (Å²) in [6, 6.07) is 6.95. The van der Waals surface area contributed by atoms with Gasteiger partial charge in [-0.05, 0) is 31.0 Å². The number of rotatable bonds is 6. The third-order valence-electron chi connectivity index (χ3n) is 4.44. The Morgan fingerprint density at radius 2 is 2.28 bits per heavy atom. The van der Waals surface area contributed by atoms with Gasteiger partial charge in [-0.2, -0.15) is 0 Å². The fourth-order valence-electron chi connectivity index (χ4n) is 3.24. The Labute approximate surface area is 154 Å². The summed E-state index contributed by atoms with van der Waals surface area (Å²) in [5.41, 5.74) is 1.62. The van der Waals surface area contributed by atoms with Crippen LogP contribution in [0.4, 0.5) is 5.69 Å². The second-order valence-electron chi connectivity index (χ2n) is 6.34. The van der Waals surface area contributed by atoms with Crippen molar-refractivity contribution in [2.75, 3.05) is 16.8 Å². The Bertz CT molecular complexity index is 712. The van der Waals surface area contributed by atoms with E-state index in [9.17, 15) is 14.4 Å². The number of hydrogen-bond donors (Lipinski definition) is 2. The zero-order chi connectivity index (χ0) is 18.0. The SMILES string of the molecule is CC12CCC(=O)N1C(C(=O)Nc1cccc(CSCC(=O)O)c1)CS2. The predicted octanol–water partition coefficient (Wildman–Crippen LogP) is 2.40. The highest BCUT2D eigenvalue weighted by Gasteiger charge is 2.52. The summed E-state index contributed by atoms with van der Waals surface area (Å²) in [5, 5.41) is 11.6. The van der Waals surface area contributed by atoms with E-state index in [4.69, 9.17) is 5.11 Å². The van der Waals surface area contributed by atoms with E-state index in [2.05, 4.69) is 5.32 Å². The minimum atomic E-state index is -0.841.